The number of hydrogen-bond acceptors (Lipinski definition) is 4. The first-order valence-electron chi connectivity index (χ1n) is 5.18. The first kappa shape index (κ1) is 13.7. The molecule has 18 heavy (non-hydrogen) atoms. The summed E-state index contributed by atoms with van der Waals surface area (Å²) in [5, 5.41) is 19.4. The number of carboxylic acids is 2. The Kier molecular flexibility index (Phi) is 4.85. The van der Waals surface area contributed by atoms with E-state index in [-0.39, 0.29) is 6.42 Å². The summed E-state index contributed by atoms with van der Waals surface area (Å²) in [5.41, 5.74) is 0. The summed E-state index contributed by atoms with van der Waals surface area (Å²) in [7, 11) is 0. The molecule has 1 atom stereocenters. The quantitative estimate of drug-likeness (QED) is 0.593. The molecule has 0 bridgehead atoms. The fraction of sp³-hybridized carbons (Fsp3) is 0.400. The highest BCUT2D eigenvalue weighted by Crippen LogP contribution is 1.96. The molecule has 1 heterocycles. The van der Waals surface area contributed by atoms with Crippen LogP contribution < -0.4 is 5.32 Å². The number of nitrogens with one attached hydrogen (secondary N) is 1. The first-order valence-corrected chi connectivity index (χ1v) is 5.18. The summed E-state index contributed by atoms with van der Waals surface area (Å²) in [6.07, 6.45) is 4.16. The van der Waals surface area contributed by atoms with Crippen molar-refractivity contribution in [2.24, 2.45) is 0 Å². The molecule has 0 saturated carbocycles. The average Bonchev–Trinajstić information content (AvgIpc) is 2.77. The Morgan fingerprint density at radius 1 is 1.33 bits per heavy atom. The molecule has 0 aliphatic rings. The van der Waals surface area contributed by atoms with Gasteiger partial charge in [0.05, 0.1) is 12.7 Å². The molecule has 3 N–H and O–H groups in total. The summed E-state index contributed by atoms with van der Waals surface area (Å²) in [5.74, 6) is -3.16. The highest BCUT2D eigenvalue weighted by molar-refractivity contribution is 5.86. The average molecular weight is 255 g/mol. The molecule has 0 aromatic carbocycles. The summed E-state index contributed by atoms with van der Waals surface area (Å²) >= 11 is 0. The Morgan fingerprint density at radius 2 is 2.06 bits per heavy atom. The fourth-order valence-corrected chi connectivity index (χ4v) is 1.29. The molecule has 0 spiro atoms. The zero-order valence-electron chi connectivity index (χ0n) is 9.44. The smallest absolute Gasteiger partial charge is 0.326 e. The molecule has 0 fully saturated rings. The molecule has 0 unspecified atom stereocenters. The van der Waals surface area contributed by atoms with Crippen molar-refractivity contribution in [1.82, 2.24) is 14.9 Å². The summed E-state index contributed by atoms with van der Waals surface area (Å²) in [6.45, 7) is 0.352. The number of hydrogen-bond donors (Lipinski definition) is 3. The molecule has 8 nitrogen and oxygen atoms in total. The molecule has 1 aromatic rings. The van der Waals surface area contributed by atoms with E-state index in [9.17, 15) is 14.4 Å². The van der Waals surface area contributed by atoms with Gasteiger partial charge in [0.1, 0.15) is 6.04 Å². The molecule has 0 saturated heterocycles. The van der Waals surface area contributed by atoms with E-state index in [4.69, 9.17) is 10.2 Å². The van der Waals surface area contributed by atoms with E-state index in [0.717, 1.165) is 0 Å². The lowest BCUT2D eigenvalue weighted by atomic mass is 10.2. The lowest BCUT2D eigenvalue weighted by Crippen LogP contribution is -2.42. The molecular formula is C10H13N3O5. The van der Waals surface area contributed by atoms with E-state index in [1.165, 1.54) is 6.33 Å². The number of nitrogens with zero attached hydrogens (tertiary/aromatic N) is 2. The lowest BCUT2D eigenvalue weighted by Gasteiger charge is -2.12. The third-order valence-corrected chi connectivity index (χ3v) is 2.17. The summed E-state index contributed by atoms with van der Waals surface area (Å²) in [6, 6.07) is -1.40. The normalized spacial score (nSPS) is 11.8. The maximum atomic E-state index is 11.4. The van der Waals surface area contributed by atoms with Gasteiger partial charge in [0.15, 0.2) is 0 Å². The largest absolute Gasteiger partial charge is 0.481 e. The van der Waals surface area contributed by atoms with E-state index < -0.39 is 30.3 Å². The van der Waals surface area contributed by atoms with Gasteiger partial charge >= 0.3 is 11.9 Å². The van der Waals surface area contributed by atoms with E-state index in [0.29, 0.717) is 6.54 Å². The van der Waals surface area contributed by atoms with Crippen molar-refractivity contribution in [3.05, 3.63) is 18.7 Å². The van der Waals surface area contributed by atoms with Gasteiger partial charge in [-0.3, -0.25) is 9.59 Å². The second-order valence-electron chi connectivity index (χ2n) is 3.61. The van der Waals surface area contributed by atoms with Crippen molar-refractivity contribution < 1.29 is 24.6 Å². The van der Waals surface area contributed by atoms with Gasteiger partial charge in [0.2, 0.25) is 5.91 Å². The van der Waals surface area contributed by atoms with Gasteiger partial charge in [0, 0.05) is 25.4 Å². The van der Waals surface area contributed by atoms with E-state index >= 15 is 0 Å². The number of rotatable bonds is 7. The number of aliphatic carboxylic acids is 2. The van der Waals surface area contributed by atoms with Crippen molar-refractivity contribution >= 4 is 17.8 Å². The zero-order chi connectivity index (χ0) is 13.5. The highest BCUT2D eigenvalue weighted by Gasteiger charge is 2.22. The second-order valence-corrected chi connectivity index (χ2v) is 3.61. The minimum Gasteiger partial charge on any atom is -0.481 e. The standard InChI is InChI=1S/C10H13N3O5/c14-8(1-3-13-4-2-11-6-13)12-7(10(17)18)5-9(15)16/h2,4,6-7H,1,3,5H2,(H,12,14)(H,15,16)(H,17,18)/t7-/m0/s1. The van der Waals surface area contributed by atoms with Crippen LogP contribution in [0.1, 0.15) is 12.8 Å². The highest BCUT2D eigenvalue weighted by atomic mass is 16.4. The van der Waals surface area contributed by atoms with Gasteiger partial charge in [-0.05, 0) is 0 Å². The number of aromatic nitrogens is 2. The predicted molar refractivity (Wildman–Crippen MR) is 58.7 cm³/mol. The maximum Gasteiger partial charge on any atom is 0.326 e. The van der Waals surface area contributed by atoms with Gasteiger partial charge in [0.25, 0.3) is 0 Å². The number of aryl methyl sites for hydroxylation is 1. The van der Waals surface area contributed by atoms with Crippen LogP contribution in [-0.2, 0) is 20.9 Å². The predicted octanol–water partition coefficient (Wildman–Crippen LogP) is -0.683. The molecule has 98 valence electrons. The van der Waals surface area contributed by atoms with Crippen LogP contribution in [0.15, 0.2) is 18.7 Å². The summed E-state index contributed by atoms with van der Waals surface area (Å²) in [4.78, 5) is 36.3. The van der Waals surface area contributed by atoms with Crippen LogP contribution in [0.3, 0.4) is 0 Å². The van der Waals surface area contributed by atoms with Crippen LogP contribution in [0.2, 0.25) is 0 Å². The molecule has 1 amide bonds. The van der Waals surface area contributed by atoms with Crippen LogP contribution >= 0.6 is 0 Å². The lowest BCUT2D eigenvalue weighted by molar-refractivity contribution is -0.147. The molecule has 8 heteroatoms. The molecule has 1 aromatic heterocycles. The number of carbonyl (C=O) groups is 3. The second kappa shape index (κ2) is 6.38. The maximum absolute atomic E-state index is 11.4. The van der Waals surface area contributed by atoms with E-state index in [1.54, 1.807) is 17.0 Å². The van der Waals surface area contributed by atoms with Crippen LogP contribution in [-0.4, -0.2) is 43.7 Å². The van der Waals surface area contributed by atoms with Gasteiger partial charge in [-0.2, -0.15) is 0 Å². The van der Waals surface area contributed by atoms with Crippen LogP contribution in [0.4, 0.5) is 0 Å². The van der Waals surface area contributed by atoms with Crippen LogP contribution in [0.25, 0.3) is 0 Å². The van der Waals surface area contributed by atoms with Crippen molar-refractivity contribution in [3.63, 3.8) is 0 Å². The number of carbonyl (C=O) groups excluding carboxylic acids is 1. The van der Waals surface area contributed by atoms with Crippen LogP contribution in [0, 0.1) is 0 Å². The van der Waals surface area contributed by atoms with E-state index in [1.807, 2.05) is 0 Å². The number of imidazole rings is 1. The molecular weight excluding hydrogens is 242 g/mol. The Hall–Kier alpha value is -2.38. The van der Waals surface area contributed by atoms with Gasteiger partial charge in [-0.25, -0.2) is 9.78 Å². The Morgan fingerprint density at radius 3 is 2.56 bits per heavy atom. The van der Waals surface area contributed by atoms with E-state index in [2.05, 4.69) is 10.3 Å². The number of amides is 1. The Labute approximate surface area is 102 Å². The summed E-state index contributed by atoms with van der Waals surface area (Å²) < 4.78 is 1.66. The molecule has 0 aliphatic carbocycles. The zero-order valence-corrected chi connectivity index (χ0v) is 9.44. The van der Waals surface area contributed by atoms with Gasteiger partial charge in [-0.1, -0.05) is 0 Å². The van der Waals surface area contributed by atoms with Gasteiger partial charge < -0.3 is 20.1 Å². The minimum absolute atomic E-state index is 0.0553. The molecule has 0 radical (unpaired) electrons. The van der Waals surface area contributed by atoms with Crippen molar-refractivity contribution in [1.29, 1.82) is 0 Å². The van der Waals surface area contributed by atoms with Crippen molar-refractivity contribution in [3.8, 4) is 0 Å². The monoisotopic (exact) mass is 255 g/mol. The van der Waals surface area contributed by atoms with Gasteiger partial charge in [-0.15, -0.1) is 0 Å². The third kappa shape index (κ3) is 4.64. The SMILES string of the molecule is O=C(O)C[C@H](NC(=O)CCn1ccnc1)C(=O)O. The number of carboxylic acid groups (broad SMARTS) is 2. The Bertz CT molecular complexity index is 429. The fourth-order valence-electron chi connectivity index (χ4n) is 1.29. The third-order valence-electron chi connectivity index (χ3n) is 2.17. The topological polar surface area (TPSA) is 122 Å². The minimum atomic E-state index is -1.40. The molecule has 1 rings (SSSR count). The van der Waals surface area contributed by atoms with Crippen molar-refractivity contribution in [2.45, 2.75) is 25.4 Å². The Balaban J connectivity index is 2.41. The van der Waals surface area contributed by atoms with Crippen LogP contribution in [0.5, 0.6) is 0 Å². The molecule has 0 aliphatic heterocycles. The van der Waals surface area contributed by atoms with Crippen molar-refractivity contribution in [2.75, 3.05) is 0 Å². The first-order chi connectivity index (χ1) is 8.49.